The Kier molecular flexibility index (Phi) is 3.23. The number of halogens is 2. The summed E-state index contributed by atoms with van der Waals surface area (Å²) < 4.78 is 0.835. The largest absolute Gasteiger partial charge is 0.362 e. The van der Waals surface area contributed by atoms with Gasteiger partial charge in [-0.05, 0) is 22.0 Å². The average molecular weight is 288 g/mol. The maximum absolute atomic E-state index is 5.78. The van der Waals surface area contributed by atoms with Crippen molar-refractivity contribution in [3.8, 4) is 0 Å². The number of nitrogens with zero attached hydrogens (tertiary/aromatic N) is 2. The number of aromatic nitrogens is 3. The zero-order valence-corrected chi connectivity index (χ0v) is 10.0. The molecule has 0 atom stereocenters. The fourth-order valence-corrected chi connectivity index (χ4v) is 1.89. The van der Waals surface area contributed by atoms with Gasteiger partial charge in [-0.15, -0.1) is 0 Å². The van der Waals surface area contributed by atoms with Crippen LogP contribution in [0.15, 0.2) is 29.1 Å². The first-order valence-corrected chi connectivity index (χ1v) is 5.46. The number of rotatable bonds is 3. The van der Waals surface area contributed by atoms with E-state index < -0.39 is 0 Å². The van der Waals surface area contributed by atoms with Crippen molar-refractivity contribution in [1.82, 2.24) is 15.0 Å². The molecular weight excluding hydrogens is 279 g/mol. The summed E-state index contributed by atoms with van der Waals surface area (Å²) in [6.07, 6.45) is 5.08. The molecule has 2 N–H and O–H groups in total. The Balaban J connectivity index is 2.05. The molecule has 4 nitrogen and oxygen atoms in total. The molecule has 2 heterocycles. The standard InChI is InChI=1S/C9H8BrClN4/c10-7-3-6(11)4-14-9(7)15-5-8-12-1-2-13-8/h1-4H,5H2,(H,12,13)(H,14,15). The number of imidazole rings is 1. The SMILES string of the molecule is Clc1cnc(NCc2ncc[nH]2)c(Br)c1. The molecule has 0 unspecified atom stereocenters. The third-order valence-electron chi connectivity index (χ3n) is 1.79. The third-order valence-corrected chi connectivity index (χ3v) is 2.60. The molecule has 0 aliphatic rings. The molecule has 0 bridgehead atoms. The van der Waals surface area contributed by atoms with E-state index in [2.05, 4.69) is 36.2 Å². The lowest BCUT2D eigenvalue weighted by Crippen LogP contribution is -2.03. The molecule has 0 saturated carbocycles. The molecule has 0 saturated heterocycles. The molecule has 0 aromatic carbocycles. The van der Waals surface area contributed by atoms with Gasteiger partial charge in [-0.2, -0.15) is 0 Å². The lowest BCUT2D eigenvalue weighted by molar-refractivity contribution is 0.986. The van der Waals surface area contributed by atoms with Crippen LogP contribution in [-0.2, 0) is 6.54 Å². The molecule has 0 fully saturated rings. The summed E-state index contributed by atoms with van der Waals surface area (Å²) in [5, 5.41) is 3.73. The van der Waals surface area contributed by atoms with E-state index in [0.717, 1.165) is 16.1 Å². The fourth-order valence-electron chi connectivity index (χ4n) is 1.11. The zero-order chi connectivity index (χ0) is 10.7. The van der Waals surface area contributed by atoms with Crippen LogP contribution in [0.25, 0.3) is 0 Å². The van der Waals surface area contributed by atoms with Crippen LogP contribution >= 0.6 is 27.5 Å². The van der Waals surface area contributed by atoms with E-state index in [-0.39, 0.29) is 0 Å². The molecule has 2 rings (SSSR count). The zero-order valence-electron chi connectivity index (χ0n) is 7.67. The Morgan fingerprint density at radius 3 is 3.00 bits per heavy atom. The summed E-state index contributed by atoms with van der Waals surface area (Å²) in [6, 6.07) is 1.79. The molecule has 2 aromatic heterocycles. The van der Waals surface area contributed by atoms with E-state index in [0.29, 0.717) is 11.6 Å². The first kappa shape index (κ1) is 10.4. The number of hydrogen-bond donors (Lipinski definition) is 2. The summed E-state index contributed by atoms with van der Waals surface area (Å²) >= 11 is 9.15. The minimum atomic E-state index is 0.597. The molecule has 0 aliphatic heterocycles. The third kappa shape index (κ3) is 2.70. The highest BCUT2D eigenvalue weighted by Gasteiger charge is 2.02. The first-order valence-electron chi connectivity index (χ1n) is 4.29. The van der Waals surface area contributed by atoms with E-state index in [1.165, 1.54) is 0 Å². The molecule has 0 amide bonds. The van der Waals surface area contributed by atoms with Crippen molar-refractivity contribution in [2.75, 3.05) is 5.32 Å². The maximum Gasteiger partial charge on any atom is 0.140 e. The Morgan fingerprint density at radius 1 is 1.47 bits per heavy atom. The van der Waals surface area contributed by atoms with Gasteiger partial charge in [0.1, 0.15) is 11.6 Å². The predicted octanol–water partition coefficient (Wildman–Crippen LogP) is 2.83. The van der Waals surface area contributed by atoms with Crippen molar-refractivity contribution >= 4 is 33.3 Å². The van der Waals surface area contributed by atoms with E-state index in [9.17, 15) is 0 Å². The Hall–Kier alpha value is -1.07. The van der Waals surface area contributed by atoms with Crippen LogP contribution in [0.4, 0.5) is 5.82 Å². The average Bonchev–Trinajstić information content (AvgIpc) is 2.69. The first-order chi connectivity index (χ1) is 7.25. The van der Waals surface area contributed by atoms with Crippen LogP contribution < -0.4 is 5.32 Å². The van der Waals surface area contributed by atoms with Gasteiger partial charge in [-0.25, -0.2) is 9.97 Å². The number of hydrogen-bond acceptors (Lipinski definition) is 3. The molecule has 15 heavy (non-hydrogen) atoms. The lowest BCUT2D eigenvalue weighted by Gasteiger charge is -2.05. The number of anilines is 1. The molecule has 0 radical (unpaired) electrons. The van der Waals surface area contributed by atoms with E-state index in [4.69, 9.17) is 11.6 Å². The van der Waals surface area contributed by atoms with Gasteiger partial charge >= 0.3 is 0 Å². The summed E-state index contributed by atoms with van der Waals surface area (Å²) in [7, 11) is 0. The van der Waals surface area contributed by atoms with Crippen LogP contribution in [-0.4, -0.2) is 15.0 Å². The quantitative estimate of drug-likeness (QED) is 0.913. The summed E-state index contributed by atoms with van der Waals surface area (Å²) in [4.78, 5) is 11.2. The van der Waals surface area contributed by atoms with Gasteiger partial charge in [-0.3, -0.25) is 0 Å². The van der Waals surface area contributed by atoms with Gasteiger partial charge in [0.15, 0.2) is 0 Å². The predicted molar refractivity (Wildman–Crippen MR) is 62.9 cm³/mol. The molecule has 6 heteroatoms. The Labute approximate surface area is 100 Å². The van der Waals surface area contributed by atoms with Gasteiger partial charge in [0.25, 0.3) is 0 Å². The van der Waals surface area contributed by atoms with Gasteiger partial charge in [0.2, 0.25) is 0 Å². The van der Waals surface area contributed by atoms with Gasteiger partial charge in [-0.1, -0.05) is 11.6 Å². The van der Waals surface area contributed by atoms with Crippen molar-refractivity contribution in [2.45, 2.75) is 6.54 Å². The second kappa shape index (κ2) is 4.63. The molecule has 0 spiro atoms. The Bertz CT molecular complexity index is 443. The van der Waals surface area contributed by atoms with Crippen LogP contribution in [0.5, 0.6) is 0 Å². The number of H-pyrrole nitrogens is 1. The van der Waals surface area contributed by atoms with Crippen LogP contribution in [0.1, 0.15) is 5.82 Å². The minimum absolute atomic E-state index is 0.597. The summed E-state index contributed by atoms with van der Waals surface area (Å²) in [5.41, 5.74) is 0. The van der Waals surface area contributed by atoms with Gasteiger partial charge < -0.3 is 10.3 Å². The van der Waals surface area contributed by atoms with Crippen LogP contribution in [0, 0.1) is 0 Å². The van der Waals surface area contributed by atoms with Crippen LogP contribution in [0.3, 0.4) is 0 Å². The number of nitrogens with one attached hydrogen (secondary N) is 2. The van der Waals surface area contributed by atoms with Crippen molar-refractivity contribution in [1.29, 1.82) is 0 Å². The second-order valence-corrected chi connectivity index (χ2v) is 4.16. The van der Waals surface area contributed by atoms with Gasteiger partial charge in [0, 0.05) is 18.6 Å². The highest BCUT2D eigenvalue weighted by Crippen LogP contribution is 2.23. The summed E-state index contributed by atoms with van der Waals surface area (Å²) in [6.45, 7) is 0.597. The maximum atomic E-state index is 5.78. The van der Waals surface area contributed by atoms with Crippen molar-refractivity contribution in [3.05, 3.63) is 40.0 Å². The molecular formula is C9H8BrClN4. The highest BCUT2D eigenvalue weighted by molar-refractivity contribution is 9.10. The lowest BCUT2D eigenvalue weighted by atomic mass is 10.4. The molecule has 2 aromatic rings. The number of aromatic amines is 1. The smallest absolute Gasteiger partial charge is 0.140 e. The van der Waals surface area contributed by atoms with E-state index >= 15 is 0 Å². The van der Waals surface area contributed by atoms with Crippen molar-refractivity contribution in [3.63, 3.8) is 0 Å². The minimum Gasteiger partial charge on any atom is -0.362 e. The topological polar surface area (TPSA) is 53.6 Å². The molecule has 0 aliphatic carbocycles. The van der Waals surface area contributed by atoms with Gasteiger partial charge in [0.05, 0.1) is 16.0 Å². The summed E-state index contributed by atoms with van der Waals surface area (Å²) in [5.74, 6) is 1.61. The fraction of sp³-hybridized carbons (Fsp3) is 0.111. The van der Waals surface area contributed by atoms with Crippen molar-refractivity contribution in [2.24, 2.45) is 0 Å². The Morgan fingerprint density at radius 2 is 2.33 bits per heavy atom. The monoisotopic (exact) mass is 286 g/mol. The highest BCUT2D eigenvalue weighted by atomic mass is 79.9. The van der Waals surface area contributed by atoms with Crippen molar-refractivity contribution < 1.29 is 0 Å². The van der Waals surface area contributed by atoms with Crippen LogP contribution in [0.2, 0.25) is 5.02 Å². The van der Waals surface area contributed by atoms with E-state index in [1.54, 1.807) is 24.7 Å². The van der Waals surface area contributed by atoms with E-state index in [1.807, 2.05) is 0 Å². The molecule has 78 valence electrons. The number of pyridine rings is 1. The second-order valence-electron chi connectivity index (χ2n) is 2.87. The normalized spacial score (nSPS) is 10.3.